The molecular formula is C23H17BrCl2N2O2S. The zero-order valence-electron chi connectivity index (χ0n) is 16.7. The molecule has 158 valence electrons. The molecule has 0 atom stereocenters. The molecule has 4 nitrogen and oxygen atoms in total. The average Bonchev–Trinajstić information content (AvgIpc) is 3.15. The molecule has 0 radical (unpaired) electrons. The van der Waals surface area contributed by atoms with Gasteiger partial charge in [0.2, 0.25) is 0 Å². The van der Waals surface area contributed by atoms with Gasteiger partial charge < -0.3 is 4.57 Å². The third-order valence-electron chi connectivity index (χ3n) is 5.09. The Kier molecular flexibility index (Phi) is 6.35. The molecule has 2 aromatic carbocycles. The highest BCUT2D eigenvalue weighted by Gasteiger charge is 2.35. The van der Waals surface area contributed by atoms with E-state index in [0.29, 0.717) is 15.0 Å². The maximum Gasteiger partial charge on any atom is 0.293 e. The van der Waals surface area contributed by atoms with E-state index < -0.39 is 0 Å². The fourth-order valence-corrected chi connectivity index (χ4v) is 5.16. The lowest BCUT2D eigenvalue weighted by Crippen LogP contribution is -2.27. The Bertz CT molecular complexity index is 1250. The molecule has 1 aromatic heterocycles. The first-order chi connectivity index (χ1) is 14.8. The zero-order chi connectivity index (χ0) is 22.3. The molecule has 0 N–H and O–H groups in total. The van der Waals surface area contributed by atoms with Crippen molar-refractivity contribution in [1.82, 2.24) is 9.47 Å². The van der Waals surface area contributed by atoms with E-state index in [0.717, 1.165) is 44.4 Å². The summed E-state index contributed by atoms with van der Waals surface area (Å²) in [6.07, 6.45) is 1.77. The number of rotatable bonds is 4. The van der Waals surface area contributed by atoms with Gasteiger partial charge >= 0.3 is 0 Å². The van der Waals surface area contributed by atoms with Crippen molar-refractivity contribution in [3.63, 3.8) is 0 Å². The lowest BCUT2D eigenvalue weighted by Gasteiger charge is -2.13. The van der Waals surface area contributed by atoms with E-state index in [1.807, 2.05) is 60.9 Å². The summed E-state index contributed by atoms with van der Waals surface area (Å²) < 4.78 is 2.85. The standard InChI is InChI=1S/C23H17BrCl2N2O2S/c1-13-10-16(14(2)28(13)19-9-5-8-18(25)21(19)26)11-20-22(29)27(23(30)31-20)12-15-6-3-4-7-17(15)24/h3-11H,12H2,1-2H3/b20-11-. The predicted molar refractivity (Wildman–Crippen MR) is 131 cm³/mol. The molecule has 1 aliphatic rings. The number of benzene rings is 2. The van der Waals surface area contributed by atoms with Crippen LogP contribution in [0.1, 0.15) is 22.5 Å². The summed E-state index contributed by atoms with van der Waals surface area (Å²) in [6, 6.07) is 15.0. The minimum atomic E-state index is -0.295. The van der Waals surface area contributed by atoms with Crippen LogP contribution in [0.5, 0.6) is 0 Å². The number of hydrogen-bond acceptors (Lipinski definition) is 3. The van der Waals surface area contributed by atoms with Crippen molar-refractivity contribution in [3.05, 3.63) is 90.5 Å². The molecule has 8 heteroatoms. The Morgan fingerprint density at radius 2 is 1.81 bits per heavy atom. The molecule has 3 aromatic rings. The second kappa shape index (κ2) is 8.87. The molecule has 1 saturated heterocycles. The van der Waals surface area contributed by atoms with Crippen molar-refractivity contribution in [1.29, 1.82) is 0 Å². The molecule has 0 spiro atoms. The van der Waals surface area contributed by atoms with Gasteiger partial charge in [0, 0.05) is 15.9 Å². The topological polar surface area (TPSA) is 42.3 Å². The Labute approximate surface area is 203 Å². The number of thioether (sulfide) groups is 1. The fourth-order valence-electron chi connectivity index (χ4n) is 3.54. The summed E-state index contributed by atoms with van der Waals surface area (Å²) in [6.45, 7) is 4.13. The van der Waals surface area contributed by atoms with Gasteiger partial charge in [0.05, 0.1) is 27.2 Å². The number of hydrogen-bond donors (Lipinski definition) is 0. The van der Waals surface area contributed by atoms with E-state index >= 15 is 0 Å². The Morgan fingerprint density at radius 1 is 1.06 bits per heavy atom. The predicted octanol–water partition coefficient (Wildman–Crippen LogP) is 7.40. The number of carbonyl (C=O) groups excluding carboxylic acids is 2. The summed E-state index contributed by atoms with van der Waals surface area (Å²) in [5.74, 6) is -0.295. The summed E-state index contributed by atoms with van der Waals surface area (Å²) in [7, 11) is 0. The number of carbonyl (C=O) groups is 2. The van der Waals surface area contributed by atoms with Gasteiger partial charge in [-0.2, -0.15) is 0 Å². The summed E-state index contributed by atoms with van der Waals surface area (Å²) in [5.41, 5.74) is 4.34. The first kappa shape index (κ1) is 22.2. The van der Waals surface area contributed by atoms with Crippen LogP contribution in [0.15, 0.2) is 57.9 Å². The molecule has 31 heavy (non-hydrogen) atoms. The smallest absolute Gasteiger partial charge is 0.293 e. The van der Waals surface area contributed by atoms with E-state index in [4.69, 9.17) is 23.2 Å². The number of aromatic nitrogens is 1. The number of aryl methyl sites for hydroxylation is 1. The van der Waals surface area contributed by atoms with E-state index in [2.05, 4.69) is 15.9 Å². The molecular weight excluding hydrogens is 519 g/mol. The first-order valence-corrected chi connectivity index (χ1v) is 11.8. The van der Waals surface area contributed by atoms with Crippen LogP contribution < -0.4 is 0 Å². The van der Waals surface area contributed by atoms with Crippen molar-refractivity contribution >= 4 is 68.1 Å². The number of halogens is 3. The zero-order valence-corrected chi connectivity index (χ0v) is 20.6. The van der Waals surface area contributed by atoms with Crippen LogP contribution in [0, 0.1) is 13.8 Å². The molecule has 2 amide bonds. The van der Waals surface area contributed by atoms with Crippen LogP contribution in [0.4, 0.5) is 4.79 Å². The highest BCUT2D eigenvalue weighted by Crippen LogP contribution is 2.36. The van der Waals surface area contributed by atoms with Crippen LogP contribution in [-0.2, 0) is 11.3 Å². The van der Waals surface area contributed by atoms with Gasteiger partial charge in [0.25, 0.3) is 11.1 Å². The molecule has 0 unspecified atom stereocenters. The minimum Gasteiger partial charge on any atom is -0.316 e. The molecule has 0 bridgehead atoms. The lowest BCUT2D eigenvalue weighted by molar-refractivity contribution is -0.123. The average molecular weight is 536 g/mol. The molecule has 1 fully saturated rings. The molecule has 2 heterocycles. The van der Waals surface area contributed by atoms with Crippen molar-refractivity contribution < 1.29 is 9.59 Å². The largest absolute Gasteiger partial charge is 0.316 e. The van der Waals surface area contributed by atoms with Crippen molar-refractivity contribution in [3.8, 4) is 5.69 Å². The lowest BCUT2D eigenvalue weighted by atomic mass is 10.2. The maximum atomic E-state index is 13.0. The number of amides is 2. The van der Waals surface area contributed by atoms with Crippen LogP contribution in [0.25, 0.3) is 11.8 Å². The molecule has 4 rings (SSSR count). The van der Waals surface area contributed by atoms with Gasteiger partial charge in [0.15, 0.2) is 0 Å². The number of imide groups is 1. The van der Waals surface area contributed by atoms with Crippen molar-refractivity contribution in [2.75, 3.05) is 0 Å². The van der Waals surface area contributed by atoms with Crippen molar-refractivity contribution in [2.24, 2.45) is 0 Å². The molecule has 0 saturated carbocycles. The van der Waals surface area contributed by atoms with Crippen LogP contribution in [-0.4, -0.2) is 20.6 Å². The van der Waals surface area contributed by atoms with E-state index in [9.17, 15) is 9.59 Å². The molecule has 0 aliphatic carbocycles. The fraction of sp³-hybridized carbons (Fsp3) is 0.130. The second-order valence-corrected chi connectivity index (χ2v) is 9.73. The van der Waals surface area contributed by atoms with Gasteiger partial charge in [-0.15, -0.1) is 0 Å². The Morgan fingerprint density at radius 3 is 2.55 bits per heavy atom. The van der Waals surface area contributed by atoms with Gasteiger partial charge in [-0.3, -0.25) is 14.5 Å². The normalized spacial score (nSPS) is 15.4. The second-order valence-electron chi connectivity index (χ2n) is 7.09. The van der Waals surface area contributed by atoms with E-state index in [1.54, 1.807) is 12.1 Å². The quantitative estimate of drug-likeness (QED) is 0.327. The third-order valence-corrected chi connectivity index (χ3v) is 7.58. The minimum absolute atomic E-state index is 0.223. The van der Waals surface area contributed by atoms with Crippen LogP contribution in [0.3, 0.4) is 0 Å². The SMILES string of the molecule is Cc1cc(/C=C2\SC(=O)N(Cc3ccccc3Br)C2=O)c(C)n1-c1cccc(Cl)c1Cl. The van der Waals surface area contributed by atoms with Crippen LogP contribution >= 0.6 is 50.9 Å². The maximum absolute atomic E-state index is 13.0. The third kappa shape index (κ3) is 4.22. The van der Waals surface area contributed by atoms with Gasteiger partial charge in [-0.05, 0) is 67.1 Å². The number of nitrogens with zero attached hydrogens (tertiary/aromatic N) is 2. The highest BCUT2D eigenvalue weighted by atomic mass is 79.9. The molecule has 1 aliphatic heterocycles. The van der Waals surface area contributed by atoms with Crippen molar-refractivity contribution in [2.45, 2.75) is 20.4 Å². The van der Waals surface area contributed by atoms with Gasteiger partial charge in [0.1, 0.15) is 0 Å². The highest BCUT2D eigenvalue weighted by molar-refractivity contribution is 9.10. The Balaban J connectivity index is 1.67. The van der Waals surface area contributed by atoms with Crippen LogP contribution in [0.2, 0.25) is 10.0 Å². The van der Waals surface area contributed by atoms with Gasteiger partial charge in [-0.1, -0.05) is 63.4 Å². The Hall–Kier alpha value is -1.99. The van der Waals surface area contributed by atoms with E-state index in [1.165, 1.54) is 4.90 Å². The summed E-state index contributed by atoms with van der Waals surface area (Å²) >= 11 is 17.0. The van der Waals surface area contributed by atoms with Gasteiger partial charge in [-0.25, -0.2) is 0 Å². The summed E-state index contributed by atoms with van der Waals surface area (Å²) in [5, 5.41) is 0.659. The monoisotopic (exact) mass is 534 g/mol. The summed E-state index contributed by atoms with van der Waals surface area (Å²) in [4.78, 5) is 27.2. The first-order valence-electron chi connectivity index (χ1n) is 9.40. The van der Waals surface area contributed by atoms with E-state index in [-0.39, 0.29) is 17.7 Å².